The number of hydrogen-bond acceptors (Lipinski definition) is 6. The van der Waals surface area contributed by atoms with Crippen molar-refractivity contribution < 1.29 is 23.9 Å². The van der Waals surface area contributed by atoms with Gasteiger partial charge in [0.2, 0.25) is 0 Å². The van der Waals surface area contributed by atoms with Gasteiger partial charge in [-0.25, -0.2) is 0 Å². The number of anilines is 1. The Hall–Kier alpha value is -3.58. The van der Waals surface area contributed by atoms with Gasteiger partial charge in [-0.1, -0.05) is 51.4 Å². The SMILES string of the molecule is CCN1C2=C(C(=O)CC(C)(C)C2)C(c2cc(Cl)ccc2OCC(=O)Nc2ccccc2OC)C2=C1CC(C)(C)CC2=O. The first-order valence-corrected chi connectivity index (χ1v) is 14.9. The van der Waals surface area contributed by atoms with Gasteiger partial charge in [0, 0.05) is 58.4 Å². The molecule has 1 aliphatic heterocycles. The van der Waals surface area contributed by atoms with Gasteiger partial charge in [-0.05, 0) is 60.9 Å². The van der Waals surface area contributed by atoms with Crippen LogP contribution in [0.15, 0.2) is 65.0 Å². The van der Waals surface area contributed by atoms with E-state index in [1.54, 1.807) is 43.5 Å². The summed E-state index contributed by atoms with van der Waals surface area (Å²) in [6.45, 7) is 10.9. The number of carbonyl (C=O) groups excluding carboxylic acids is 3. The molecule has 0 aromatic heterocycles. The second-order valence-corrected chi connectivity index (χ2v) is 13.4. The van der Waals surface area contributed by atoms with Crippen molar-refractivity contribution in [3.63, 3.8) is 0 Å². The van der Waals surface area contributed by atoms with E-state index in [1.165, 1.54) is 0 Å². The van der Waals surface area contributed by atoms with E-state index in [0.29, 0.717) is 58.3 Å². The van der Waals surface area contributed by atoms with E-state index >= 15 is 0 Å². The molecule has 0 saturated heterocycles. The summed E-state index contributed by atoms with van der Waals surface area (Å²) in [4.78, 5) is 43.1. The first kappa shape index (κ1) is 29.9. The number of Topliss-reactive ketones (excluding diaryl/α,β-unsaturated/α-hetero) is 2. The highest BCUT2D eigenvalue weighted by atomic mass is 35.5. The fourth-order valence-electron chi connectivity index (χ4n) is 6.69. The summed E-state index contributed by atoms with van der Waals surface area (Å²) >= 11 is 6.55. The first-order chi connectivity index (χ1) is 19.8. The summed E-state index contributed by atoms with van der Waals surface area (Å²) in [5, 5.41) is 3.29. The number of ketones is 2. The zero-order valence-corrected chi connectivity index (χ0v) is 26.0. The van der Waals surface area contributed by atoms with Crippen LogP contribution in [0, 0.1) is 10.8 Å². The third kappa shape index (κ3) is 5.71. The van der Waals surface area contributed by atoms with Crippen LogP contribution in [0.5, 0.6) is 11.5 Å². The largest absolute Gasteiger partial charge is 0.495 e. The number of nitrogens with zero attached hydrogens (tertiary/aromatic N) is 1. The number of benzene rings is 2. The average Bonchev–Trinajstić information content (AvgIpc) is 2.90. The van der Waals surface area contributed by atoms with E-state index in [2.05, 4.69) is 44.8 Å². The Kier molecular flexibility index (Phi) is 8.01. The lowest BCUT2D eigenvalue weighted by Gasteiger charge is -2.49. The second kappa shape index (κ2) is 11.3. The Balaban J connectivity index is 1.58. The molecule has 5 rings (SSSR count). The molecule has 0 atom stereocenters. The monoisotopic (exact) mass is 590 g/mol. The van der Waals surface area contributed by atoms with E-state index in [-0.39, 0.29) is 34.9 Å². The highest BCUT2D eigenvalue weighted by Gasteiger charge is 2.49. The number of halogens is 1. The molecular formula is C34H39ClN2O5. The van der Waals surface area contributed by atoms with Crippen molar-refractivity contribution in [2.75, 3.05) is 25.6 Å². The maximum atomic E-state index is 14.0. The molecule has 1 heterocycles. The molecule has 0 spiro atoms. The van der Waals surface area contributed by atoms with Crippen LogP contribution in [0.2, 0.25) is 5.02 Å². The van der Waals surface area contributed by atoms with Crippen molar-refractivity contribution in [3.8, 4) is 11.5 Å². The fraction of sp³-hybridized carbons (Fsp3) is 0.441. The highest BCUT2D eigenvalue weighted by molar-refractivity contribution is 6.30. The van der Waals surface area contributed by atoms with Crippen molar-refractivity contribution in [1.82, 2.24) is 4.90 Å². The van der Waals surface area contributed by atoms with Gasteiger partial charge in [0.1, 0.15) is 11.5 Å². The van der Waals surface area contributed by atoms with Crippen LogP contribution in [-0.2, 0) is 14.4 Å². The van der Waals surface area contributed by atoms with Gasteiger partial charge in [0.15, 0.2) is 18.2 Å². The molecule has 1 N–H and O–H groups in total. The summed E-state index contributed by atoms with van der Waals surface area (Å²) in [6.07, 6.45) is 2.23. The Morgan fingerprint density at radius 3 is 2.10 bits per heavy atom. The Labute approximate surface area is 252 Å². The van der Waals surface area contributed by atoms with Crippen LogP contribution < -0.4 is 14.8 Å². The van der Waals surface area contributed by atoms with Crippen molar-refractivity contribution in [1.29, 1.82) is 0 Å². The molecule has 7 nitrogen and oxygen atoms in total. The predicted octanol–water partition coefficient (Wildman–Crippen LogP) is 7.07. The van der Waals surface area contributed by atoms with Gasteiger partial charge in [-0.3, -0.25) is 14.4 Å². The van der Waals surface area contributed by atoms with Gasteiger partial charge in [0.25, 0.3) is 5.91 Å². The summed E-state index contributed by atoms with van der Waals surface area (Å²) < 4.78 is 11.5. The molecule has 42 heavy (non-hydrogen) atoms. The van der Waals surface area contributed by atoms with Gasteiger partial charge >= 0.3 is 0 Å². The normalized spacial score (nSPS) is 19.8. The van der Waals surface area contributed by atoms with Gasteiger partial charge in [0.05, 0.1) is 12.8 Å². The van der Waals surface area contributed by atoms with Crippen LogP contribution in [-0.4, -0.2) is 42.6 Å². The predicted molar refractivity (Wildman–Crippen MR) is 164 cm³/mol. The highest BCUT2D eigenvalue weighted by Crippen LogP contribution is 2.55. The Bertz CT molecular complexity index is 1470. The summed E-state index contributed by atoms with van der Waals surface area (Å²) in [5.74, 6) is 0.0426. The number of carbonyl (C=O) groups is 3. The lowest BCUT2D eigenvalue weighted by atomic mass is 9.63. The van der Waals surface area contributed by atoms with Crippen LogP contribution in [0.3, 0.4) is 0 Å². The van der Waals surface area contributed by atoms with Crippen molar-refractivity contribution >= 4 is 34.8 Å². The van der Waals surface area contributed by atoms with E-state index < -0.39 is 5.92 Å². The molecule has 1 amide bonds. The number of rotatable bonds is 7. The van der Waals surface area contributed by atoms with Crippen LogP contribution >= 0.6 is 11.6 Å². The number of methoxy groups -OCH3 is 1. The molecular weight excluding hydrogens is 552 g/mol. The molecule has 0 saturated carbocycles. The number of ether oxygens (including phenoxy) is 2. The number of allylic oxidation sites excluding steroid dienone is 4. The molecule has 0 fully saturated rings. The van der Waals surface area contributed by atoms with Crippen molar-refractivity contribution in [3.05, 3.63) is 75.6 Å². The maximum absolute atomic E-state index is 14.0. The molecule has 8 heteroatoms. The average molecular weight is 591 g/mol. The number of hydrogen-bond donors (Lipinski definition) is 1. The summed E-state index contributed by atoms with van der Waals surface area (Å²) in [7, 11) is 1.54. The Morgan fingerprint density at radius 2 is 1.52 bits per heavy atom. The minimum absolute atomic E-state index is 0.0359. The minimum Gasteiger partial charge on any atom is -0.495 e. The quantitative estimate of drug-likeness (QED) is 0.371. The third-order valence-corrected chi connectivity index (χ3v) is 8.60. The molecule has 2 aromatic carbocycles. The van der Waals surface area contributed by atoms with Crippen molar-refractivity contribution in [2.24, 2.45) is 10.8 Å². The van der Waals surface area contributed by atoms with Crippen LogP contribution in [0.4, 0.5) is 5.69 Å². The zero-order valence-electron chi connectivity index (χ0n) is 25.2. The summed E-state index contributed by atoms with van der Waals surface area (Å²) in [6, 6.07) is 12.3. The molecule has 3 aliphatic rings. The Morgan fingerprint density at radius 1 is 0.929 bits per heavy atom. The molecule has 0 radical (unpaired) electrons. The van der Waals surface area contributed by atoms with E-state index in [4.69, 9.17) is 21.1 Å². The van der Waals surface area contributed by atoms with Gasteiger partial charge in [-0.2, -0.15) is 0 Å². The van der Waals surface area contributed by atoms with Gasteiger partial charge < -0.3 is 19.7 Å². The second-order valence-electron chi connectivity index (χ2n) is 13.0. The maximum Gasteiger partial charge on any atom is 0.262 e. The lowest BCUT2D eigenvalue weighted by molar-refractivity contribution is -0.120. The topological polar surface area (TPSA) is 84.9 Å². The van der Waals surface area contributed by atoms with Crippen LogP contribution in [0.1, 0.15) is 71.8 Å². The molecule has 2 aromatic rings. The molecule has 222 valence electrons. The zero-order chi connectivity index (χ0) is 30.4. The van der Waals surface area contributed by atoms with E-state index in [0.717, 1.165) is 24.2 Å². The number of para-hydroxylation sites is 2. The third-order valence-electron chi connectivity index (χ3n) is 8.36. The van der Waals surface area contributed by atoms with Gasteiger partial charge in [-0.15, -0.1) is 0 Å². The minimum atomic E-state index is -0.615. The molecule has 0 bridgehead atoms. The first-order valence-electron chi connectivity index (χ1n) is 14.5. The summed E-state index contributed by atoms with van der Waals surface area (Å²) in [5.41, 5.74) is 4.01. The number of nitrogens with one attached hydrogen (secondary N) is 1. The lowest BCUT2D eigenvalue weighted by Crippen LogP contribution is -2.44. The fourth-order valence-corrected chi connectivity index (χ4v) is 6.87. The smallest absolute Gasteiger partial charge is 0.262 e. The van der Waals surface area contributed by atoms with E-state index in [1.807, 2.05) is 6.07 Å². The standard InChI is InChI=1S/C34H39ClN2O5/c1-7-37-23-15-33(2,3)17-25(38)31(23)30(32-24(37)16-34(4,5)18-26(32)39)21-14-20(35)12-13-27(21)42-19-29(40)36-22-10-8-9-11-28(22)41-6/h8-14,30H,7,15-19H2,1-6H3,(H,36,40). The van der Waals surface area contributed by atoms with E-state index in [9.17, 15) is 14.4 Å². The number of amides is 1. The van der Waals surface area contributed by atoms with Crippen molar-refractivity contribution in [2.45, 2.75) is 66.2 Å². The molecule has 0 unspecified atom stereocenters. The van der Waals surface area contributed by atoms with Crippen LogP contribution in [0.25, 0.3) is 0 Å². The molecule has 2 aliphatic carbocycles.